The van der Waals surface area contributed by atoms with Crippen LogP contribution in [-0.2, 0) is 6.42 Å². The molecule has 1 aromatic carbocycles. The molecule has 0 aromatic heterocycles. The van der Waals surface area contributed by atoms with Crippen LogP contribution in [0.1, 0.15) is 38.2 Å². The van der Waals surface area contributed by atoms with Crippen molar-refractivity contribution >= 4 is 23.0 Å². The molecule has 1 aliphatic rings. The highest BCUT2D eigenvalue weighted by molar-refractivity contribution is 7.80. The lowest BCUT2D eigenvalue weighted by atomic mass is 10.1. The summed E-state index contributed by atoms with van der Waals surface area (Å²) >= 11 is 5.36. The molecule has 0 heterocycles. The summed E-state index contributed by atoms with van der Waals surface area (Å²) in [6, 6.07) is 8.91. The maximum Gasteiger partial charge on any atom is 0.171 e. The summed E-state index contributed by atoms with van der Waals surface area (Å²) in [5.74, 6) is 0. The lowest BCUT2D eigenvalue weighted by molar-refractivity contribution is 0.634. The van der Waals surface area contributed by atoms with Gasteiger partial charge >= 0.3 is 0 Å². The predicted molar refractivity (Wildman–Crippen MR) is 77.4 cm³/mol. The number of rotatable bonds is 3. The van der Waals surface area contributed by atoms with E-state index in [1.807, 2.05) is 6.07 Å². The van der Waals surface area contributed by atoms with Gasteiger partial charge in [-0.15, -0.1) is 0 Å². The van der Waals surface area contributed by atoms with Crippen LogP contribution in [0.3, 0.4) is 0 Å². The number of hydrogen-bond acceptors (Lipinski definition) is 1. The zero-order chi connectivity index (χ0) is 12.1. The number of anilines is 1. The minimum absolute atomic E-state index is 0.573. The molecule has 1 aliphatic carbocycles. The summed E-state index contributed by atoms with van der Waals surface area (Å²) in [5, 5.41) is 7.47. The van der Waals surface area contributed by atoms with Gasteiger partial charge in [0.25, 0.3) is 0 Å². The fraction of sp³-hybridized carbons (Fsp3) is 0.500. The number of aryl methyl sites for hydroxylation is 1. The Morgan fingerprint density at radius 2 is 2.00 bits per heavy atom. The van der Waals surface area contributed by atoms with Gasteiger partial charge in [0.05, 0.1) is 0 Å². The number of hydrogen-bond donors (Lipinski definition) is 2. The summed E-state index contributed by atoms with van der Waals surface area (Å²) in [7, 11) is 0. The quantitative estimate of drug-likeness (QED) is 0.801. The Kier molecular flexibility index (Phi) is 4.37. The monoisotopic (exact) mass is 248 g/mol. The number of para-hydroxylation sites is 1. The highest BCUT2D eigenvalue weighted by Gasteiger charge is 2.15. The lowest BCUT2D eigenvalue weighted by Crippen LogP contribution is -2.36. The van der Waals surface area contributed by atoms with Crippen molar-refractivity contribution in [3.05, 3.63) is 29.8 Å². The van der Waals surface area contributed by atoms with E-state index in [9.17, 15) is 0 Å². The molecule has 1 fully saturated rings. The van der Waals surface area contributed by atoms with Crippen molar-refractivity contribution < 1.29 is 0 Å². The van der Waals surface area contributed by atoms with E-state index in [2.05, 4.69) is 35.8 Å². The zero-order valence-electron chi connectivity index (χ0n) is 10.3. The van der Waals surface area contributed by atoms with Gasteiger partial charge in [0.15, 0.2) is 5.11 Å². The first-order valence-corrected chi connectivity index (χ1v) is 6.86. The van der Waals surface area contributed by atoms with Crippen LogP contribution in [0.15, 0.2) is 24.3 Å². The summed E-state index contributed by atoms with van der Waals surface area (Å²) in [5.41, 5.74) is 2.44. The largest absolute Gasteiger partial charge is 0.360 e. The van der Waals surface area contributed by atoms with Gasteiger partial charge in [0, 0.05) is 11.7 Å². The van der Waals surface area contributed by atoms with Crippen molar-refractivity contribution in [3.63, 3.8) is 0 Å². The van der Waals surface area contributed by atoms with E-state index in [0.29, 0.717) is 6.04 Å². The Bertz CT molecular complexity index is 384. The van der Waals surface area contributed by atoms with E-state index in [1.165, 1.54) is 31.2 Å². The molecular formula is C14H20N2S. The average molecular weight is 248 g/mol. The SMILES string of the molecule is CCc1ccccc1NC(=S)NC1CCCC1. The molecule has 2 nitrogen and oxygen atoms in total. The molecule has 2 rings (SSSR count). The van der Waals surface area contributed by atoms with Crippen LogP contribution < -0.4 is 10.6 Å². The van der Waals surface area contributed by atoms with Gasteiger partial charge in [0.2, 0.25) is 0 Å². The van der Waals surface area contributed by atoms with E-state index in [1.54, 1.807) is 0 Å². The summed E-state index contributed by atoms with van der Waals surface area (Å²) in [6.45, 7) is 2.16. The molecule has 0 saturated heterocycles. The van der Waals surface area contributed by atoms with Crippen molar-refractivity contribution in [2.24, 2.45) is 0 Å². The third kappa shape index (κ3) is 3.43. The fourth-order valence-corrected chi connectivity index (χ4v) is 2.64. The highest BCUT2D eigenvalue weighted by Crippen LogP contribution is 2.19. The Balaban J connectivity index is 1.92. The average Bonchev–Trinajstić information content (AvgIpc) is 2.82. The Hall–Kier alpha value is -1.09. The molecule has 0 aliphatic heterocycles. The maximum atomic E-state index is 5.36. The van der Waals surface area contributed by atoms with Crippen molar-refractivity contribution in [2.45, 2.75) is 45.1 Å². The van der Waals surface area contributed by atoms with Crippen LogP contribution in [0.5, 0.6) is 0 Å². The second-order valence-corrected chi connectivity index (χ2v) is 5.00. The van der Waals surface area contributed by atoms with Crippen LogP contribution in [0.4, 0.5) is 5.69 Å². The Morgan fingerprint density at radius 3 is 2.71 bits per heavy atom. The molecule has 0 amide bonds. The highest BCUT2D eigenvalue weighted by atomic mass is 32.1. The molecular weight excluding hydrogens is 228 g/mol. The van der Waals surface area contributed by atoms with Crippen molar-refractivity contribution in [2.75, 3.05) is 5.32 Å². The first kappa shape index (κ1) is 12.4. The minimum Gasteiger partial charge on any atom is -0.360 e. The number of thiocarbonyl (C=S) groups is 1. The van der Waals surface area contributed by atoms with Crippen LogP contribution in [0.25, 0.3) is 0 Å². The molecule has 0 atom stereocenters. The number of nitrogens with one attached hydrogen (secondary N) is 2. The molecule has 0 bridgehead atoms. The van der Waals surface area contributed by atoms with Crippen LogP contribution in [-0.4, -0.2) is 11.2 Å². The molecule has 92 valence electrons. The molecule has 17 heavy (non-hydrogen) atoms. The second-order valence-electron chi connectivity index (χ2n) is 4.59. The molecule has 2 N–H and O–H groups in total. The van der Waals surface area contributed by atoms with Gasteiger partial charge in [-0.05, 0) is 43.1 Å². The lowest BCUT2D eigenvalue weighted by Gasteiger charge is -2.17. The summed E-state index contributed by atoms with van der Waals surface area (Å²) in [6.07, 6.45) is 6.17. The predicted octanol–water partition coefficient (Wildman–Crippen LogP) is 3.48. The maximum absolute atomic E-state index is 5.36. The van der Waals surface area contributed by atoms with Crippen LogP contribution >= 0.6 is 12.2 Å². The first-order valence-electron chi connectivity index (χ1n) is 6.45. The third-order valence-electron chi connectivity index (χ3n) is 3.34. The fourth-order valence-electron chi connectivity index (χ4n) is 2.36. The van der Waals surface area contributed by atoms with Crippen molar-refractivity contribution in [3.8, 4) is 0 Å². The van der Waals surface area contributed by atoms with Crippen LogP contribution in [0, 0.1) is 0 Å². The minimum atomic E-state index is 0.573. The zero-order valence-corrected chi connectivity index (χ0v) is 11.1. The van der Waals surface area contributed by atoms with E-state index in [0.717, 1.165) is 17.2 Å². The van der Waals surface area contributed by atoms with Crippen LogP contribution in [0.2, 0.25) is 0 Å². The second kappa shape index (κ2) is 6.01. The normalized spacial score (nSPS) is 15.8. The van der Waals surface area contributed by atoms with Gasteiger partial charge in [-0.3, -0.25) is 0 Å². The van der Waals surface area contributed by atoms with Gasteiger partial charge in [-0.25, -0.2) is 0 Å². The molecule has 3 heteroatoms. The van der Waals surface area contributed by atoms with Gasteiger partial charge < -0.3 is 10.6 Å². The van der Waals surface area contributed by atoms with E-state index < -0.39 is 0 Å². The van der Waals surface area contributed by atoms with Gasteiger partial charge in [0.1, 0.15) is 0 Å². The van der Waals surface area contributed by atoms with Gasteiger partial charge in [-0.2, -0.15) is 0 Å². The topological polar surface area (TPSA) is 24.1 Å². The van der Waals surface area contributed by atoms with Crippen molar-refractivity contribution in [1.82, 2.24) is 5.32 Å². The van der Waals surface area contributed by atoms with E-state index in [4.69, 9.17) is 12.2 Å². The van der Waals surface area contributed by atoms with E-state index in [-0.39, 0.29) is 0 Å². The molecule has 0 spiro atoms. The molecule has 0 radical (unpaired) electrons. The molecule has 1 saturated carbocycles. The summed E-state index contributed by atoms with van der Waals surface area (Å²) in [4.78, 5) is 0. The van der Waals surface area contributed by atoms with E-state index >= 15 is 0 Å². The molecule has 1 aromatic rings. The van der Waals surface area contributed by atoms with Crippen molar-refractivity contribution in [1.29, 1.82) is 0 Å². The Labute approximate surface area is 109 Å². The first-order chi connectivity index (χ1) is 8.29. The van der Waals surface area contributed by atoms with Gasteiger partial charge in [-0.1, -0.05) is 38.0 Å². The number of benzene rings is 1. The third-order valence-corrected chi connectivity index (χ3v) is 3.56. The standard InChI is InChI=1S/C14H20N2S/c1-2-11-7-3-6-10-13(11)16-14(17)15-12-8-4-5-9-12/h3,6-7,10,12H,2,4-5,8-9H2,1H3,(H2,15,16,17). The molecule has 0 unspecified atom stereocenters. The smallest absolute Gasteiger partial charge is 0.171 e. The summed E-state index contributed by atoms with van der Waals surface area (Å²) < 4.78 is 0. The Morgan fingerprint density at radius 1 is 1.29 bits per heavy atom.